The summed E-state index contributed by atoms with van der Waals surface area (Å²) in [6, 6.07) is 0. The van der Waals surface area contributed by atoms with Gasteiger partial charge in [-0.1, -0.05) is 95.9 Å². The molecule has 5 nitrogen and oxygen atoms in total. The zero-order valence-corrected chi connectivity index (χ0v) is 23.5. The predicted molar refractivity (Wildman–Crippen MR) is 150 cm³/mol. The summed E-state index contributed by atoms with van der Waals surface area (Å²) < 4.78 is 10.5. The first-order valence-electron chi connectivity index (χ1n) is 14.9. The van der Waals surface area contributed by atoms with E-state index in [1.54, 1.807) is 0 Å². The van der Waals surface area contributed by atoms with Gasteiger partial charge in [0.05, 0.1) is 6.61 Å². The molecule has 210 valence electrons. The molecule has 0 aromatic carbocycles. The Morgan fingerprint density at radius 2 is 1.08 bits per heavy atom. The van der Waals surface area contributed by atoms with Crippen molar-refractivity contribution < 1.29 is 24.2 Å². The van der Waals surface area contributed by atoms with Crippen LogP contribution in [0.15, 0.2) is 24.3 Å². The van der Waals surface area contributed by atoms with Crippen LogP contribution in [0.1, 0.15) is 142 Å². The van der Waals surface area contributed by atoms with Gasteiger partial charge in [-0.15, -0.1) is 0 Å². The van der Waals surface area contributed by atoms with E-state index in [4.69, 9.17) is 9.47 Å². The molecule has 5 heteroatoms. The van der Waals surface area contributed by atoms with E-state index >= 15 is 0 Å². The summed E-state index contributed by atoms with van der Waals surface area (Å²) in [5.41, 5.74) is 0. The van der Waals surface area contributed by atoms with Gasteiger partial charge in [0.25, 0.3) is 0 Å². The molecule has 0 bridgehead atoms. The molecule has 0 saturated heterocycles. The van der Waals surface area contributed by atoms with Gasteiger partial charge in [-0.05, 0) is 57.8 Å². The third-order valence-corrected chi connectivity index (χ3v) is 6.20. The average Bonchev–Trinajstić information content (AvgIpc) is 2.88. The van der Waals surface area contributed by atoms with Crippen LogP contribution in [-0.4, -0.2) is 36.4 Å². The summed E-state index contributed by atoms with van der Waals surface area (Å²) in [6.45, 7) is 4.00. The molecule has 0 fully saturated rings. The molecule has 1 N–H and O–H groups in total. The fourth-order valence-corrected chi connectivity index (χ4v) is 3.90. The van der Waals surface area contributed by atoms with E-state index in [1.807, 2.05) is 0 Å². The Morgan fingerprint density at radius 3 is 1.61 bits per heavy atom. The average molecular weight is 509 g/mol. The van der Waals surface area contributed by atoms with E-state index < -0.39 is 6.10 Å². The number of allylic oxidation sites excluding steroid dienone is 4. The fraction of sp³-hybridized carbons (Fsp3) is 0.806. The molecule has 0 radical (unpaired) electrons. The van der Waals surface area contributed by atoms with Crippen LogP contribution in [0.4, 0.5) is 0 Å². The highest BCUT2D eigenvalue weighted by Gasteiger charge is 2.16. The van der Waals surface area contributed by atoms with Crippen molar-refractivity contribution in [2.45, 2.75) is 148 Å². The Labute approximate surface area is 222 Å². The smallest absolute Gasteiger partial charge is 0.306 e. The number of aliphatic hydroxyl groups is 1. The topological polar surface area (TPSA) is 72.8 Å². The normalized spacial score (nSPS) is 12.4. The monoisotopic (exact) mass is 508 g/mol. The highest BCUT2D eigenvalue weighted by Crippen LogP contribution is 2.11. The van der Waals surface area contributed by atoms with Gasteiger partial charge in [-0.2, -0.15) is 0 Å². The van der Waals surface area contributed by atoms with Gasteiger partial charge in [0.1, 0.15) is 6.61 Å². The van der Waals surface area contributed by atoms with Crippen molar-refractivity contribution in [2.24, 2.45) is 0 Å². The summed E-state index contributed by atoms with van der Waals surface area (Å²) in [6.07, 6.45) is 29.4. The fourth-order valence-electron chi connectivity index (χ4n) is 3.90. The second kappa shape index (κ2) is 28.0. The van der Waals surface area contributed by atoms with Crippen LogP contribution < -0.4 is 0 Å². The van der Waals surface area contributed by atoms with Crippen molar-refractivity contribution in [1.29, 1.82) is 0 Å². The summed E-state index contributed by atoms with van der Waals surface area (Å²) in [5, 5.41) is 9.45. The number of carbonyl (C=O) groups excluding carboxylic acids is 2. The van der Waals surface area contributed by atoms with Crippen molar-refractivity contribution in [2.75, 3.05) is 13.2 Å². The van der Waals surface area contributed by atoms with Crippen LogP contribution in [0.3, 0.4) is 0 Å². The largest absolute Gasteiger partial charge is 0.462 e. The minimum absolute atomic E-state index is 0.0723. The van der Waals surface area contributed by atoms with Gasteiger partial charge in [-0.25, -0.2) is 0 Å². The summed E-state index contributed by atoms with van der Waals surface area (Å²) in [7, 11) is 0. The van der Waals surface area contributed by atoms with Gasteiger partial charge >= 0.3 is 11.9 Å². The Morgan fingerprint density at radius 1 is 0.611 bits per heavy atom. The van der Waals surface area contributed by atoms with Crippen molar-refractivity contribution in [3.8, 4) is 0 Å². The number of unbranched alkanes of at least 4 members (excludes halogenated alkanes) is 14. The SMILES string of the molecule is CCC/C=C\CCCCCCCC(=O)OCC(CO)OC(=O)CCCCCCC/C=C\CCCCC. The minimum Gasteiger partial charge on any atom is -0.462 e. The highest BCUT2D eigenvalue weighted by atomic mass is 16.6. The van der Waals surface area contributed by atoms with Crippen molar-refractivity contribution in [3.63, 3.8) is 0 Å². The lowest BCUT2D eigenvalue weighted by Gasteiger charge is -2.15. The number of esters is 2. The van der Waals surface area contributed by atoms with Gasteiger partial charge in [0.2, 0.25) is 0 Å². The maximum atomic E-state index is 12.0. The van der Waals surface area contributed by atoms with Crippen LogP contribution in [0.2, 0.25) is 0 Å². The van der Waals surface area contributed by atoms with Crippen LogP contribution in [0.25, 0.3) is 0 Å². The zero-order valence-electron chi connectivity index (χ0n) is 23.5. The van der Waals surface area contributed by atoms with E-state index in [9.17, 15) is 14.7 Å². The minimum atomic E-state index is -0.772. The van der Waals surface area contributed by atoms with Gasteiger partial charge in [0, 0.05) is 12.8 Å². The Bertz CT molecular complexity index is 555. The number of rotatable bonds is 26. The maximum Gasteiger partial charge on any atom is 0.306 e. The molecule has 0 rings (SSSR count). The Hall–Kier alpha value is -1.62. The Kier molecular flexibility index (Phi) is 26.7. The van der Waals surface area contributed by atoms with E-state index in [0.717, 1.165) is 57.8 Å². The molecule has 0 spiro atoms. The Balaban J connectivity index is 3.64. The third-order valence-electron chi connectivity index (χ3n) is 6.20. The summed E-state index contributed by atoms with van der Waals surface area (Å²) in [5.74, 6) is -0.618. The lowest BCUT2D eigenvalue weighted by molar-refractivity contribution is -0.161. The molecule has 0 heterocycles. The number of hydrogen-bond acceptors (Lipinski definition) is 5. The quantitative estimate of drug-likeness (QED) is 0.0721. The molecule has 0 amide bonds. The molecular formula is C31H56O5. The van der Waals surface area contributed by atoms with E-state index in [2.05, 4.69) is 38.2 Å². The van der Waals surface area contributed by atoms with Crippen molar-refractivity contribution in [1.82, 2.24) is 0 Å². The molecule has 0 aliphatic carbocycles. The molecule has 1 unspecified atom stereocenters. The number of ether oxygens (including phenoxy) is 2. The first-order chi connectivity index (χ1) is 17.6. The first-order valence-corrected chi connectivity index (χ1v) is 14.9. The second-order valence-electron chi connectivity index (χ2n) is 9.82. The lowest BCUT2D eigenvalue weighted by Crippen LogP contribution is -2.28. The molecule has 0 aliphatic rings. The molecule has 0 saturated carbocycles. The van der Waals surface area contributed by atoms with Crippen molar-refractivity contribution >= 4 is 11.9 Å². The summed E-state index contributed by atoms with van der Waals surface area (Å²) in [4.78, 5) is 23.9. The van der Waals surface area contributed by atoms with Gasteiger partial charge in [0.15, 0.2) is 6.10 Å². The standard InChI is InChI=1S/C31H56O5/c1-3-5-7-9-11-13-15-16-18-20-22-24-26-31(34)36-29(27-32)28-35-30(33)25-23-21-19-17-14-12-10-8-6-4-2/h8,10-11,13,29,32H,3-7,9,12,14-28H2,1-2H3/b10-8-,13-11-. The van der Waals surface area contributed by atoms with Crippen molar-refractivity contribution in [3.05, 3.63) is 24.3 Å². The first kappa shape index (κ1) is 34.4. The number of hydrogen-bond donors (Lipinski definition) is 1. The van der Waals surface area contributed by atoms with Gasteiger partial charge in [-0.3, -0.25) is 9.59 Å². The molecule has 1 atom stereocenters. The van der Waals surface area contributed by atoms with E-state index in [0.29, 0.717) is 12.8 Å². The molecule has 0 aliphatic heterocycles. The van der Waals surface area contributed by atoms with E-state index in [1.165, 1.54) is 57.8 Å². The van der Waals surface area contributed by atoms with E-state index in [-0.39, 0.29) is 25.2 Å². The molecule has 36 heavy (non-hydrogen) atoms. The van der Waals surface area contributed by atoms with Crippen LogP contribution >= 0.6 is 0 Å². The maximum absolute atomic E-state index is 12.0. The summed E-state index contributed by atoms with van der Waals surface area (Å²) >= 11 is 0. The second-order valence-corrected chi connectivity index (χ2v) is 9.82. The predicted octanol–water partition coefficient (Wildman–Crippen LogP) is 8.39. The van der Waals surface area contributed by atoms with Crippen LogP contribution in [0, 0.1) is 0 Å². The number of aliphatic hydroxyl groups excluding tert-OH is 1. The highest BCUT2D eigenvalue weighted by molar-refractivity contribution is 5.70. The lowest BCUT2D eigenvalue weighted by atomic mass is 10.1. The van der Waals surface area contributed by atoms with Crippen LogP contribution in [-0.2, 0) is 19.1 Å². The molecule has 0 aromatic heterocycles. The number of carbonyl (C=O) groups is 2. The third kappa shape index (κ3) is 25.5. The zero-order chi connectivity index (χ0) is 26.5. The molecule has 0 aromatic rings. The van der Waals surface area contributed by atoms with Gasteiger partial charge < -0.3 is 14.6 Å². The van der Waals surface area contributed by atoms with Crippen LogP contribution in [0.5, 0.6) is 0 Å². The molecular weight excluding hydrogens is 452 g/mol.